The first kappa shape index (κ1) is 24.6. The molecule has 4 atom stereocenters. The molecule has 3 heterocycles. The molecule has 11 heteroatoms. The Morgan fingerprint density at radius 3 is 2.54 bits per heavy atom. The van der Waals surface area contributed by atoms with Crippen molar-refractivity contribution in [2.75, 3.05) is 6.54 Å². The van der Waals surface area contributed by atoms with E-state index in [0.29, 0.717) is 24.9 Å². The molecule has 0 spiro atoms. The summed E-state index contributed by atoms with van der Waals surface area (Å²) >= 11 is 0. The monoisotopic (exact) mass is 486 g/mol. The highest BCUT2D eigenvalue weighted by atomic mass is 16.7. The van der Waals surface area contributed by atoms with E-state index in [2.05, 4.69) is 10.6 Å². The van der Waals surface area contributed by atoms with Gasteiger partial charge in [-0.05, 0) is 45.2 Å². The van der Waals surface area contributed by atoms with Gasteiger partial charge < -0.3 is 20.1 Å². The first-order chi connectivity index (χ1) is 16.7. The van der Waals surface area contributed by atoms with Crippen LogP contribution in [0.25, 0.3) is 0 Å². The van der Waals surface area contributed by atoms with Gasteiger partial charge in [-0.25, -0.2) is 5.01 Å². The standard InChI is InChI=1S/C24H30N4O7/c1-14(2)34-24-17(13-20(30)35-24)26-22(32)18-9-6-12-27-19(29)11-10-16(23(33)28(18)27)25-21(31)15-7-4-3-5-8-15/h3-5,7-8,14,16-18,24H,6,9-13H2,1-2H3,(H,25,31)(H,26,32)/t16-,17-,18-,24?/m0/s1. The molecule has 4 rings (SSSR count). The predicted molar refractivity (Wildman–Crippen MR) is 121 cm³/mol. The number of hydrogen-bond donors (Lipinski definition) is 2. The molecule has 0 aromatic heterocycles. The topological polar surface area (TPSA) is 134 Å². The summed E-state index contributed by atoms with van der Waals surface area (Å²) in [5.74, 6) is -2.23. The number of cyclic esters (lactones) is 1. The molecular formula is C24H30N4O7. The minimum Gasteiger partial charge on any atom is -0.433 e. The van der Waals surface area contributed by atoms with Crippen LogP contribution < -0.4 is 10.6 Å². The van der Waals surface area contributed by atoms with E-state index in [4.69, 9.17) is 9.47 Å². The first-order valence-corrected chi connectivity index (χ1v) is 11.9. The second kappa shape index (κ2) is 10.4. The van der Waals surface area contributed by atoms with Crippen LogP contribution >= 0.6 is 0 Å². The molecule has 2 N–H and O–H groups in total. The number of fused-ring (bicyclic) bond motifs is 1. The second-order valence-corrected chi connectivity index (χ2v) is 9.15. The Labute approximate surface area is 203 Å². The summed E-state index contributed by atoms with van der Waals surface area (Å²) in [7, 11) is 0. The zero-order chi connectivity index (χ0) is 25.1. The Morgan fingerprint density at radius 1 is 1.09 bits per heavy atom. The molecule has 188 valence electrons. The number of carbonyl (C=O) groups excluding carboxylic acids is 5. The highest BCUT2D eigenvalue weighted by Gasteiger charge is 2.46. The molecule has 0 bridgehead atoms. The van der Waals surface area contributed by atoms with Crippen molar-refractivity contribution in [1.82, 2.24) is 20.7 Å². The lowest BCUT2D eigenvalue weighted by molar-refractivity contribution is -0.179. The first-order valence-electron chi connectivity index (χ1n) is 11.9. The Morgan fingerprint density at radius 2 is 1.83 bits per heavy atom. The summed E-state index contributed by atoms with van der Waals surface area (Å²) < 4.78 is 10.8. The van der Waals surface area contributed by atoms with Crippen LogP contribution in [0.1, 0.15) is 56.3 Å². The maximum absolute atomic E-state index is 13.5. The molecule has 1 aromatic rings. The number of nitrogens with zero attached hydrogens (tertiary/aromatic N) is 2. The van der Waals surface area contributed by atoms with Crippen LogP contribution in [-0.2, 0) is 28.7 Å². The maximum Gasteiger partial charge on any atom is 0.310 e. The fourth-order valence-corrected chi connectivity index (χ4v) is 4.56. The average molecular weight is 487 g/mol. The zero-order valence-corrected chi connectivity index (χ0v) is 19.8. The van der Waals surface area contributed by atoms with Crippen molar-refractivity contribution in [3.05, 3.63) is 35.9 Å². The van der Waals surface area contributed by atoms with E-state index in [1.54, 1.807) is 44.2 Å². The largest absolute Gasteiger partial charge is 0.433 e. The molecule has 4 amide bonds. The Bertz CT molecular complexity index is 999. The minimum atomic E-state index is -0.968. The van der Waals surface area contributed by atoms with Crippen molar-refractivity contribution < 1.29 is 33.4 Å². The number of rotatable bonds is 6. The van der Waals surface area contributed by atoms with Crippen LogP contribution in [0.3, 0.4) is 0 Å². The predicted octanol–water partition coefficient (Wildman–Crippen LogP) is 0.496. The molecule has 11 nitrogen and oxygen atoms in total. The quantitative estimate of drug-likeness (QED) is 0.559. The molecule has 3 aliphatic heterocycles. The van der Waals surface area contributed by atoms with Crippen molar-refractivity contribution in [3.8, 4) is 0 Å². The van der Waals surface area contributed by atoms with Gasteiger partial charge in [0, 0.05) is 18.5 Å². The van der Waals surface area contributed by atoms with E-state index in [-0.39, 0.29) is 31.3 Å². The number of hydrogen-bond acceptors (Lipinski definition) is 7. The average Bonchev–Trinajstić information content (AvgIpc) is 3.12. The molecule has 0 saturated carbocycles. The molecule has 3 fully saturated rings. The van der Waals surface area contributed by atoms with Crippen LogP contribution in [0.2, 0.25) is 0 Å². The van der Waals surface area contributed by atoms with Gasteiger partial charge >= 0.3 is 5.97 Å². The minimum absolute atomic E-state index is 0.0534. The van der Waals surface area contributed by atoms with E-state index < -0.39 is 48.1 Å². The number of carbonyl (C=O) groups is 5. The number of ether oxygens (including phenoxy) is 2. The number of nitrogens with one attached hydrogen (secondary N) is 2. The molecule has 0 aliphatic carbocycles. The second-order valence-electron chi connectivity index (χ2n) is 9.15. The van der Waals surface area contributed by atoms with Crippen LogP contribution in [-0.4, -0.2) is 76.7 Å². The molecule has 35 heavy (non-hydrogen) atoms. The van der Waals surface area contributed by atoms with Crippen molar-refractivity contribution in [1.29, 1.82) is 0 Å². The van der Waals surface area contributed by atoms with Crippen LogP contribution in [0.5, 0.6) is 0 Å². The zero-order valence-electron chi connectivity index (χ0n) is 19.8. The third-order valence-electron chi connectivity index (χ3n) is 6.20. The summed E-state index contributed by atoms with van der Waals surface area (Å²) in [6, 6.07) is 5.84. The number of benzene rings is 1. The molecule has 3 aliphatic rings. The van der Waals surface area contributed by atoms with Gasteiger partial charge in [-0.1, -0.05) is 18.2 Å². The summed E-state index contributed by atoms with van der Waals surface area (Å²) in [6.07, 6.45) is -0.154. The SMILES string of the molecule is CC(C)OC1OC(=O)C[C@@H]1NC(=O)[C@@H]1CCCN2C(=O)CC[C@H](NC(=O)c3ccccc3)C(=O)N12. The molecular weight excluding hydrogens is 456 g/mol. The van der Waals surface area contributed by atoms with Crippen molar-refractivity contribution in [2.45, 2.75) is 76.5 Å². The van der Waals surface area contributed by atoms with Gasteiger partial charge in [0.05, 0.1) is 12.5 Å². The van der Waals surface area contributed by atoms with Gasteiger partial charge in [0.25, 0.3) is 11.8 Å². The number of amides is 4. The van der Waals surface area contributed by atoms with Gasteiger partial charge in [-0.15, -0.1) is 0 Å². The van der Waals surface area contributed by atoms with Crippen LogP contribution in [0, 0.1) is 0 Å². The van der Waals surface area contributed by atoms with Crippen molar-refractivity contribution >= 4 is 29.6 Å². The smallest absolute Gasteiger partial charge is 0.310 e. The highest BCUT2D eigenvalue weighted by molar-refractivity contribution is 5.99. The van der Waals surface area contributed by atoms with E-state index in [0.717, 1.165) is 0 Å². The Hall–Kier alpha value is -3.47. The molecule has 1 unspecified atom stereocenters. The van der Waals surface area contributed by atoms with E-state index in [1.807, 2.05) is 0 Å². The normalized spacial score (nSPS) is 26.8. The fourth-order valence-electron chi connectivity index (χ4n) is 4.56. The van der Waals surface area contributed by atoms with Crippen LogP contribution in [0.4, 0.5) is 0 Å². The highest BCUT2D eigenvalue weighted by Crippen LogP contribution is 2.26. The van der Waals surface area contributed by atoms with Crippen molar-refractivity contribution in [3.63, 3.8) is 0 Å². The Balaban J connectivity index is 1.51. The molecule has 1 aromatic carbocycles. The summed E-state index contributed by atoms with van der Waals surface area (Å²) in [4.78, 5) is 64.2. The third-order valence-corrected chi connectivity index (χ3v) is 6.20. The molecule has 3 saturated heterocycles. The summed E-state index contributed by atoms with van der Waals surface area (Å²) in [5.41, 5.74) is 0.391. The fraction of sp³-hybridized carbons (Fsp3) is 0.542. The number of hydrazine groups is 1. The lowest BCUT2D eigenvalue weighted by Crippen LogP contribution is -2.64. The number of esters is 1. The molecule has 0 radical (unpaired) electrons. The van der Waals surface area contributed by atoms with Gasteiger partial charge in [-0.3, -0.25) is 29.0 Å². The van der Waals surface area contributed by atoms with Gasteiger partial charge in [0.2, 0.25) is 18.1 Å². The lowest BCUT2D eigenvalue weighted by atomic mass is 10.0. The summed E-state index contributed by atoms with van der Waals surface area (Å²) in [5, 5.41) is 7.99. The van der Waals surface area contributed by atoms with E-state index >= 15 is 0 Å². The summed E-state index contributed by atoms with van der Waals surface area (Å²) in [6.45, 7) is 3.88. The third kappa shape index (κ3) is 5.45. The van der Waals surface area contributed by atoms with Gasteiger partial charge in [-0.2, -0.15) is 0 Å². The maximum atomic E-state index is 13.5. The van der Waals surface area contributed by atoms with Crippen molar-refractivity contribution in [2.24, 2.45) is 0 Å². The van der Waals surface area contributed by atoms with Crippen LogP contribution in [0.15, 0.2) is 30.3 Å². The van der Waals surface area contributed by atoms with Gasteiger partial charge in [0.15, 0.2) is 0 Å². The van der Waals surface area contributed by atoms with Gasteiger partial charge in [0.1, 0.15) is 18.1 Å². The van der Waals surface area contributed by atoms with E-state index in [1.165, 1.54) is 10.0 Å². The Kier molecular flexibility index (Phi) is 7.34. The van der Waals surface area contributed by atoms with E-state index in [9.17, 15) is 24.0 Å². The lowest BCUT2D eigenvalue weighted by Gasteiger charge is -2.43.